The van der Waals surface area contributed by atoms with Crippen molar-refractivity contribution in [1.82, 2.24) is 0 Å². The highest BCUT2D eigenvalue weighted by Gasteiger charge is 2.20. The number of nitrogens with zero attached hydrogens (tertiary/aromatic N) is 1. The van der Waals surface area contributed by atoms with Gasteiger partial charge >= 0.3 is 17.9 Å². The molecule has 0 aromatic heterocycles. The fraction of sp³-hybridized carbons (Fsp3) is 0.333. The Labute approximate surface area is 132 Å². The molecule has 0 saturated heterocycles. The predicted molar refractivity (Wildman–Crippen MR) is 76.7 cm³/mol. The second-order valence-corrected chi connectivity index (χ2v) is 4.43. The molecule has 0 saturated carbocycles. The van der Waals surface area contributed by atoms with Crippen molar-refractivity contribution < 1.29 is 33.4 Å². The van der Waals surface area contributed by atoms with Crippen LogP contribution in [0.1, 0.15) is 19.4 Å². The molecule has 0 spiro atoms. The van der Waals surface area contributed by atoms with Gasteiger partial charge in [0.2, 0.25) is 6.08 Å². The van der Waals surface area contributed by atoms with Gasteiger partial charge in [-0.1, -0.05) is 6.07 Å². The van der Waals surface area contributed by atoms with Crippen LogP contribution in [-0.2, 0) is 30.3 Å². The van der Waals surface area contributed by atoms with E-state index in [1.807, 2.05) is 0 Å². The maximum atomic E-state index is 11.5. The monoisotopic (exact) mass is 321 g/mol. The van der Waals surface area contributed by atoms with Gasteiger partial charge in [-0.15, -0.1) is 0 Å². The summed E-state index contributed by atoms with van der Waals surface area (Å²) in [5.74, 6) is -1.81. The molecule has 8 nitrogen and oxygen atoms in total. The molecule has 1 rings (SSSR count). The highest BCUT2D eigenvalue weighted by atomic mass is 16.6. The second kappa shape index (κ2) is 8.45. The summed E-state index contributed by atoms with van der Waals surface area (Å²) in [5, 5.41) is 0. The molecule has 0 N–H and O–H groups in total. The van der Waals surface area contributed by atoms with Gasteiger partial charge in [0.15, 0.2) is 17.5 Å². The van der Waals surface area contributed by atoms with Gasteiger partial charge in [-0.05, 0) is 17.7 Å². The summed E-state index contributed by atoms with van der Waals surface area (Å²) in [5.41, 5.74) is 0.520. The fourth-order valence-electron chi connectivity index (χ4n) is 1.76. The summed E-state index contributed by atoms with van der Waals surface area (Å²) in [6, 6.07) is 3.30. The maximum absolute atomic E-state index is 11.5. The van der Waals surface area contributed by atoms with Crippen LogP contribution in [0.3, 0.4) is 0 Å². The van der Waals surface area contributed by atoms with Crippen LogP contribution in [0.2, 0.25) is 0 Å². The summed E-state index contributed by atoms with van der Waals surface area (Å²) in [7, 11) is 1.17. The van der Waals surface area contributed by atoms with Crippen molar-refractivity contribution in [2.45, 2.75) is 26.3 Å². The number of methoxy groups -OCH3 is 1. The van der Waals surface area contributed by atoms with Crippen LogP contribution in [0.15, 0.2) is 23.2 Å². The van der Waals surface area contributed by atoms with E-state index in [4.69, 9.17) is 9.47 Å². The van der Waals surface area contributed by atoms with Crippen molar-refractivity contribution in [2.24, 2.45) is 4.99 Å². The Morgan fingerprint density at radius 3 is 2.26 bits per heavy atom. The fourth-order valence-corrected chi connectivity index (χ4v) is 1.76. The first-order valence-corrected chi connectivity index (χ1v) is 6.52. The van der Waals surface area contributed by atoms with E-state index in [2.05, 4.69) is 9.73 Å². The summed E-state index contributed by atoms with van der Waals surface area (Å²) in [4.78, 5) is 47.5. The van der Waals surface area contributed by atoms with Crippen molar-refractivity contribution in [3.05, 3.63) is 23.8 Å². The molecule has 0 aliphatic carbocycles. The third-order valence-electron chi connectivity index (χ3n) is 2.63. The number of hydrogen-bond acceptors (Lipinski definition) is 8. The number of carbonyl (C=O) groups is 3. The molecular weight excluding hydrogens is 306 g/mol. The van der Waals surface area contributed by atoms with Gasteiger partial charge in [0.1, 0.15) is 0 Å². The Bertz CT molecular complexity index is 662. The third kappa shape index (κ3) is 5.72. The van der Waals surface area contributed by atoms with Crippen LogP contribution in [0.25, 0.3) is 0 Å². The molecule has 1 aromatic rings. The standard InChI is InChI=1S/C15H15NO7/c1-9(18)22-13-5-4-11(7-14(13)23-10(2)19)6-12(16-8-17)15(20)21-3/h4-5,7,12H,6H2,1-3H3/t12-/m0/s1. The maximum Gasteiger partial charge on any atom is 0.331 e. The van der Waals surface area contributed by atoms with E-state index in [-0.39, 0.29) is 17.9 Å². The minimum Gasteiger partial charge on any atom is -0.467 e. The number of isocyanates is 1. The molecule has 1 atom stereocenters. The first kappa shape index (κ1) is 18.1. The molecule has 0 heterocycles. The Balaban J connectivity index is 3.12. The number of ether oxygens (including phenoxy) is 3. The Morgan fingerprint density at radius 2 is 1.74 bits per heavy atom. The number of rotatable bonds is 6. The molecule has 0 radical (unpaired) electrons. The molecule has 0 bridgehead atoms. The minimum absolute atomic E-state index is 0.0175. The largest absolute Gasteiger partial charge is 0.467 e. The van der Waals surface area contributed by atoms with Crippen molar-refractivity contribution in [1.29, 1.82) is 0 Å². The van der Waals surface area contributed by atoms with Gasteiger partial charge < -0.3 is 14.2 Å². The van der Waals surface area contributed by atoms with Crippen LogP contribution in [0.4, 0.5) is 0 Å². The van der Waals surface area contributed by atoms with Crippen molar-refractivity contribution >= 4 is 24.0 Å². The van der Waals surface area contributed by atoms with Crippen molar-refractivity contribution in [3.63, 3.8) is 0 Å². The average Bonchev–Trinajstić information content (AvgIpc) is 2.47. The van der Waals surface area contributed by atoms with Crippen LogP contribution < -0.4 is 9.47 Å². The zero-order chi connectivity index (χ0) is 17.4. The van der Waals surface area contributed by atoms with E-state index in [0.717, 1.165) is 0 Å². The lowest BCUT2D eigenvalue weighted by atomic mass is 10.1. The lowest BCUT2D eigenvalue weighted by Gasteiger charge is -2.12. The number of benzene rings is 1. The SMILES string of the molecule is COC(=O)[C@H](Cc1ccc(OC(C)=O)c(OC(C)=O)c1)N=C=O. The second-order valence-electron chi connectivity index (χ2n) is 4.43. The van der Waals surface area contributed by atoms with Crippen LogP contribution in [-0.4, -0.2) is 37.1 Å². The Hall–Kier alpha value is -2.99. The topological polar surface area (TPSA) is 108 Å². The smallest absolute Gasteiger partial charge is 0.331 e. The highest BCUT2D eigenvalue weighted by Crippen LogP contribution is 2.29. The van der Waals surface area contributed by atoms with E-state index in [1.165, 1.54) is 39.2 Å². The van der Waals surface area contributed by atoms with E-state index >= 15 is 0 Å². The molecule has 0 unspecified atom stereocenters. The lowest BCUT2D eigenvalue weighted by Crippen LogP contribution is -2.22. The van der Waals surface area contributed by atoms with E-state index in [9.17, 15) is 19.2 Å². The van der Waals surface area contributed by atoms with Gasteiger partial charge in [-0.25, -0.2) is 9.59 Å². The molecule has 0 amide bonds. The lowest BCUT2D eigenvalue weighted by molar-refractivity contribution is -0.142. The quantitative estimate of drug-likeness (QED) is 0.332. The normalized spacial score (nSPS) is 10.9. The van der Waals surface area contributed by atoms with Gasteiger partial charge in [0.05, 0.1) is 7.11 Å². The van der Waals surface area contributed by atoms with Crippen LogP contribution in [0, 0.1) is 0 Å². The number of aliphatic imine (C=N–C) groups is 1. The minimum atomic E-state index is -1.07. The van der Waals surface area contributed by atoms with E-state index < -0.39 is 23.9 Å². The first-order chi connectivity index (χ1) is 10.9. The Morgan fingerprint density at radius 1 is 1.13 bits per heavy atom. The highest BCUT2D eigenvalue weighted by molar-refractivity contribution is 5.77. The average molecular weight is 321 g/mol. The molecule has 122 valence electrons. The van der Waals surface area contributed by atoms with E-state index in [1.54, 1.807) is 6.07 Å². The molecule has 8 heteroatoms. The van der Waals surface area contributed by atoms with E-state index in [0.29, 0.717) is 5.56 Å². The molecular formula is C15H15NO7. The summed E-state index contributed by atoms with van der Waals surface area (Å²) in [6.45, 7) is 2.40. The number of hydrogen-bond donors (Lipinski definition) is 0. The summed E-state index contributed by atoms with van der Waals surface area (Å²) >= 11 is 0. The van der Waals surface area contributed by atoms with Gasteiger partial charge in [0, 0.05) is 20.3 Å². The molecule has 23 heavy (non-hydrogen) atoms. The zero-order valence-corrected chi connectivity index (χ0v) is 12.8. The van der Waals surface area contributed by atoms with Crippen molar-refractivity contribution in [2.75, 3.05) is 7.11 Å². The third-order valence-corrected chi connectivity index (χ3v) is 2.63. The zero-order valence-electron chi connectivity index (χ0n) is 12.8. The van der Waals surface area contributed by atoms with Gasteiger partial charge in [-0.2, -0.15) is 4.99 Å². The molecule has 0 aliphatic heterocycles. The van der Waals surface area contributed by atoms with Gasteiger partial charge in [0.25, 0.3) is 0 Å². The Kier molecular flexibility index (Phi) is 6.64. The van der Waals surface area contributed by atoms with Crippen LogP contribution in [0.5, 0.6) is 11.5 Å². The molecule has 0 fully saturated rings. The van der Waals surface area contributed by atoms with Crippen molar-refractivity contribution in [3.8, 4) is 11.5 Å². The van der Waals surface area contributed by atoms with Gasteiger partial charge in [-0.3, -0.25) is 9.59 Å². The summed E-state index contributed by atoms with van der Waals surface area (Å²) < 4.78 is 14.4. The predicted octanol–water partition coefficient (Wildman–Crippen LogP) is 0.957. The van der Waals surface area contributed by atoms with Crippen LogP contribution >= 0.6 is 0 Å². The number of carbonyl (C=O) groups excluding carboxylic acids is 4. The summed E-state index contributed by atoms with van der Waals surface area (Å²) in [6.07, 6.45) is 1.33. The first-order valence-electron chi connectivity index (χ1n) is 6.52. The molecule has 1 aromatic carbocycles. The molecule has 0 aliphatic rings. The number of esters is 3.